The molecule has 0 saturated carbocycles. The Bertz CT molecular complexity index is 246. The fourth-order valence-electron chi connectivity index (χ4n) is 1.35. The van der Waals surface area contributed by atoms with Crippen molar-refractivity contribution in [2.75, 3.05) is 6.61 Å². The van der Waals surface area contributed by atoms with Crippen LogP contribution in [0.15, 0.2) is 0 Å². The molecule has 17 heavy (non-hydrogen) atoms. The van der Waals surface area contributed by atoms with Gasteiger partial charge in [0.05, 0.1) is 12.7 Å². The van der Waals surface area contributed by atoms with Crippen LogP contribution in [0.25, 0.3) is 0 Å². The summed E-state index contributed by atoms with van der Waals surface area (Å²) in [5, 5.41) is 0. The fraction of sp³-hybridized carbons (Fsp3) is 0.846. The summed E-state index contributed by atoms with van der Waals surface area (Å²) in [5.41, 5.74) is 0. The van der Waals surface area contributed by atoms with E-state index >= 15 is 0 Å². The zero-order chi connectivity index (χ0) is 13.4. The first kappa shape index (κ1) is 15.9. The third-order valence-corrected chi connectivity index (χ3v) is 2.27. The van der Waals surface area contributed by atoms with Gasteiger partial charge in [0, 0.05) is 0 Å². The van der Waals surface area contributed by atoms with Crippen molar-refractivity contribution < 1.29 is 19.1 Å². The molecule has 0 heterocycles. The van der Waals surface area contributed by atoms with Gasteiger partial charge in [-0.15, -0.1) is 0 Å². The first-order chi connectivity index (χ1) is 7.90. The average Bonchev–Trinajstić information content (AvgIpc) is 2.16. The lowest BCUT2D eigenvalue weighted by Gasteiger charge is -2.19. The molecule has 0 rings (SSSR count). The minimum atomic E-state index is -0.811. The highest BCUT2D eigenvalue weighted by molar-refractivity contribution is 5.95. The second-order valence-electron chi connectivity index (χ2n) is 4.73. The molecule has 0 aliphatic heterocycles. The predicted octanol–water partition coefficient (Wildman–Crippen LogP) is 2.55. The van der Waals surface area contributed by atoms with Crippen molar-refractivity contribution >= 4 is 11.9 Å². The first-order valence-corrected chi connectivity index (χ1v) is 6.27. The first-order valence-electron chi connectivity index (χ1n) is 6.27. The number of unbranched alkanes of at least 4 members (excludes halogenated alkanes) is 1. The van der Waals surface area contributed by atoms with Crippen molar-refractivity contribution in [1.82, 2.24) is 0 Å². The Balaban J connectivity index is 4.40. The SMILES string of the molecule is CCCCOC(=O)C(C(=O)OC(C)C)C(C)C. The van der Waals surface area contributed by atoms with Crippen LogP contribution >= 0.6 is 0 Å². The number of esters is 2. The highest BCUT2D eigenvalue weighted by Gasteiger charge is 2.33. The number of ether oxygens (including phenoxy) is 2. The van der Waals surface area contributed by atoms with Gasteiger partial charge in [-0.1, -0.05) is 27.2 Å². The van der Waals surface area contributed by atoms with E-state index < -0.39 is 17.9 Å². The smallest absolute Gasteiger partial charge is 0.320 e. The van der Waals surface area contributed by atoms with Crippen LogP contribution < -0.4 is 0 Å². The van der Waals surface area contributed by atoms with E-state index in [-0.39, 0.29) is 12.0 Å². The molecular formula is C13H24O4. The van der Waals surface area contributed by atoms with E-state index in [4.69, 9.17) is 9.47 Å². The summed E-state index contributed by atoms with van der Waals surface area (Å²) in [4.78, 5) is 23.5. The summed E-state index contributed by atoms with van der Waals surface area (Å²) >= 11 is 0. The number of carbonyl (C=O) groups excluding carboxylic acids is 2. The lowest BCUT2D eigenvalue weighted by atomic mass is 9.96. The highest BCUT2D eigenvalue weighted by atomic mass is 16.6. The summed E-state index contributed by atoms with van der Waals surface area (Å²) in [6.45, 7) is 9.53. The topological polar surface area (TPSA) is 52.6 Å². The maximum absolute atomic E-state index is 11.8. The Labute approximate surface area is 104 Å². The molecule has 0 saturated heterocycles. The average molecular weight is 244 g/mol. The fourth-order valence-corrected chi connectivity index (χ4v) is 1.35. The van der Waals surface area contributed by atoms with Crippen LogP contribution in [0.4, 0.5) is 0 Å². The minimum absolute atomic E-state index is 0.115. The molecule has 0 aromatic carbocycles. The van der Waals surface area contributed by atoms with Gasteiger partial charge in [0.15, 0.2) is 5.92 Å². The molecule has 0 aliphatic rings. The van der Waals surface area contributed by atoms with E-state index in [9.17, 15) is 9.59 Å². The van der Waals surface area contributed by atoms with Crippen molar-refractivity contribution in [3.63, 3.8) is 0 Å². The lowest BCUT2D eigenvalue weighted by Crippen LogP contribution is -2.33. The van der Waals surface area contributed by atoms with Gasteiger partial charge < -0.3 is 9.47 Å². The third kappa shape index (κ3) is 6.29. The molecule has 0 aliphatic carbocycles. The Morgan fingerprint density at radius 3 is 2.06 bits per heavy atom. The van der Waals surface area contributed by atoms with E-state index in [1.165, 1.54) is 0 Å². The molecule has 4 heteroatoms. The normalized spacial score (nSPS) is 12.6. The van der Waals surface area contributed by atoms with E-state index in [0.29, 0.717) is 6.61 Å². The largest absolute Gasteiger partial charge is 0.465 e. The third-order valence-electron chi connectivity index (χ3n) is 2.27. The zero-order valence-corrected chi connectivity index (χ0v) is 11.5. The molecule has 0 amide bonds. The number of hydrogen-bond acceptors (Lipinski definition) is 4. The Morgan fingerprint density at radius 1 is 1.06 bits per heavy atom. The summed E-state index contributed by atoms with van der Waals surface area (Å²) in [5.74, 6) is -1.89. The summed E-state index contributed by atoms with van der Waals surface area (Å²) in [7, 11) is 0. The summed E-state index contributed by atoms with van der Waals surface area (Å²) in [6.07, 6.45) is 1.55. The molecule has 100 valence electrons. The number of hydrogen-bond donors (Lipinski definition) is 0. The molecule has 0 bridgehead atoms. The molecule has 0 fully saturated rings. The molecule has 1 unspecified atom stereocenters. The van der Waals surface area contributed by atoms with E-state index in [2.05, 4.69) is 0 Å². The lowest BCUT2D eigenvalue weighted by molar-refractivity contribution is -0.166. The second-order valence-corrected chi connectivity index (χ2v) is 4.73. The minimum Gasteiger partial charge on any atom is -0.465 e. The van der Waals surface area contributed by atoms with Crippen LogP contribution in [0.3, 0.4) is 0 Å². The Kier molecular flexibility index (Phi) is 7.59. The maximum atomic E-state index is 11.8. The molecular weight excluding hydrogens is 220 g/mol. The molecule has 0 N–H and O–H groups in total. The van der Waals surface area contributed by atoms with Crippen molar-refractivity contribution in [3.05, 3.63) is 0 Å². The van der Waals surface area contributed by atoms with E-state index in [1.807, 2.05) is 20.8 Å². The van der Waals surface area contributed by atoms with E-state index in [1.54, 1.807) is 13.8 Å². The molecule has 4 nitrogen and oxygen atoms in total. The van der Waals surface area contributed by atoms with Crippen LogP contribution in [0.1, 0.15) is 47.5 Å². The van der Waals surface area contributed by atoms with Gasteiger partial charge in [-0.2, -0.15) is 0 Å². The standard InChI is InChI=1S/C13H24O4/c1-6-7-8-16-12(14)11(9(2)3)13(15)17-10(4)5/h9-11H,6-8H2,1-5H3. The zero-order valence-electron chi connectivity index (χ0n) is 11.5. The van der Waals surface area contributed by atoms with Crippen LogP contribution in [0, 0.1) is 11.8 Å². The van der Waals surface area contributed by atoms with E-state index in [0.717, 1.165) is 12.8 Å². The van der Waals surface area contributed by atoms with Crippen molar-refractivity contribution in [2.45, 2.75) is 53.6 Å². The van der Waals surface area contributed by atoms with Crippen LogP contribution in [0.2, 0.25) is 0 Å². The van der Waals surface area contributed by atoms with Gasteiger partial charge in [-0.25, -0.2) is 0 Å². The second kappa shape index (κ2) is 8.09. The summed E-state index contributed by atoms with van der Waals surface area (Å²) in [6, 6.07) is 0. The molecule has 0 spiro atoms. The quantitative estimate of drug-likeness (QED) is 0.392. The van der Waals surface area contributed by atoms with Crippen LogP contribution in [0.5, 0.6) is 0 Å². The molecule has 0 aromatic rings. The molecule has 0 radical (unpaired) electrons. The summed E-state index contributed by atoms with van der Waals surface area (Å²) < 4.78 is 10.1. The Hall–Kier alpha value is -1.06. The van der Waals surface area contributed by atoms with Gasteiger partial charge in [0.2, 0.25) is 0 Å². The maximum Gasteiger partial charge on any atom is 0.320 e. The van der Waals surface area contributed by atoms with Crippen molar-refractivity contribution in [3.8, 4) is 0 Å². The van der Waals surface area contributed by atoms with Crippen molar-refractivity contribution in [1.29, 1.82) is 0 Å². The van der Waals surface area contributed by atoms with Gasteiger partial charge >= 0.3 is 11.9 Å². The number of rotatable bonds is 7. The van der Waals surface area contributed by atoms with Gasteiger partial charge in [0.1, 0.15) is 0 Å². The number of carbonyl (C=O) groups is 2. The van der Waals surface area contributed by atoms with Crippen molar-refractivity contribution in [2.24, 2.45) is 11.8 Å². The Morgan fingerprint density at radius 2 is 1.65 bits per heavy atom. The van der Waals surface area contributed by atoms with Crippen LogP contribution in [-0.2, 0) is 19.1 Å². The molecule has 1 atom stereocenters. The van der Waals surface area contributed by atoms with Gasteiger partial charge in [-0.3, -0.25) is 9.59 Å². The van der Waals surface area contributed by atoms with Crippen LogP contribution in [-0.4, -0.2) is 24.6 Å². The van der Waals surface area contributed by atoms with Gasteiger partial charge in [0.25, 0.3) is 0 Å². The van der Waals surface area contributed by atoms with Gasteiger partial charge in [-0.05, 0) is 26.2 Å². The monoisotopic (exact) mass is 244 g/mol. The molecule has 0 aromatic heterocycles. The highest BCUT2D eigenvalue weighted by Crippen LogP contribution is 2.16. The predicted molar refractivity (Wildman–Crippen MR) is 65.4 cm³/mol.